The second kappa shape index (κ2) is 33.7. The van der Waals surface area contributed by atoms with E-state index in [0.29, 0.717) is 23.6 Å². The van der Waals surface area contributed by atoms with Crippen molar-refractivity contribution in [2.75, 3.05) is 0 Å². The lowest BCUT2D eigenvalue weighted by Crippen LogP contribution is -2.02. The minimum Gasteiger partial charge on any atom is -0.416 e. The largest absolute Gasteiger partial charge is 0.416 e. The first-order chi connectivity index (χ1) is 60.6. The fourth-order valence-electron chi connectivity index (χ4n) is 15.7. The van der Waals surface area contributed by atoms with Gasteiger partial charge in [-0.05, 0) is 143 Å². The standard InChI is InChI=1S/C40H28N6.C38H26N4.C28H18N4O2/c1-5-17-29(18-6-1)37-41-43-39(45(37)31-21-9-3-10-22-31)35-27-15-13-25-33(35)34-26-14-16-28-36(34)40-44-42-38(30-19-7-2-8-20-30)46(40)32-23-11-4-12-24-32;1-3-15-27(16-4-1)41-35-25-13-11-23-33(35)39-37(41)31-21-9-7-19-29(31)30-20-8-10-22-32(30)38-40-34-24-12-14-26-36(34)42(38)28-17-5-2-6-18-28;1-3-11-19(12-4-1)25-29-31-27(33-25)23-17-9-7-15-21(23)22-16-8-10-18-24(22)28-32-30-26(34-28)20-13-5-2-6-14-20/h1-28H;1-26H;1-18H. The topological polar surface area (TPSA) is 175 Å². The molecule has 16 aromatic carbocycles. The SMILES string of the molecule is c1ccc(-c2nnc(-c3ccccc3-c3ccccc3-c3nnc(-c4ccccc4)n3-c3ccccc3)n2-c2ccccc2)cc1.c1ccc(-c2nnc(-c3ccccc3-c3ccccc3-c3nnc(-c4ccccc4)o3)o2)cc1.c1ccc(-n2c(-c3ccccc3-c3ccccc3-c3nc4ccccc4n3-c3ccccc3)nc3ccccc32)cc1. The van der Waals surface area contributed by atoms with E-state index in [4.69, 9.17) is 39.2 Å². The Labute approximate surface area is 702 Å². The molecule has 22 aromatic rings. The summed E-state index contributed by atoms with van der Waals surface area (Å²) in [6, 6.07) is 148. The third-order valence-electron chi connectivity index (χ3n) is 21.3. The predicted molar refractivity (Wildman–Crippen MR) is 485 cm³/mol. The molecule has 0 saturated heterocycles. The fraction of sp³-hybridized carbons (Fsp3) is 0. The van der Waals surface area contributed by atoms with Crippen LogP contribution in [-0.2, 0) is 0 Å². The Bertz CT molecular complexity index is 6930. The van der Waals surface area contributed by atoms with Crippen LogP contribution in [0.5, 0.6) is 0 Å². The van der Waals surface area contributed by atoms with Gasteiger partial charge < -0.3 is 8.83 Å². The molecule has 0 bridgehead atoms. The Morgan fingerprint density at radius 2 is 0.361 bits per heavy atom. The van der Waals surface area contributed by atoms with Gasteiger partial charge in [-0.2, -0.15) is 0 Å². The van der Waals surface area contributed by atoms with Gasteiger partial charge in [0.25, 0.3) is 0 Å². The highest BCUT2D eigenvalue weighted by molar-refractivity contribution is 5.96. The van der Waals surface area contributed by atoms with Crippen molar-refractivity contribution in [3.63, 3.8) is 0 Å². The molecular formula is C106H72N14O2. The van der Waals surface area contributed by atoms with Gasteiger partial charge in [0.05, 0.1) is 22.1 Å². The van der Waals surface area contributed by atoms with Crippen molar-refractivity contribution in [1.82, 2.24) is 69.0 Å². The highest BCUT2D eigenvalue weighted by Crippen LogP contribution is 2.45. The smallest absolute Gasteiger partial charge is 0.248 e. The first-order valence-electron chi connectivity index (χ1n) is 40.1. The van der Waals surface area contributed by atoms with Gasteiger partial charge in [0.15, 0.2) is 23.3 Å². The predicted octanol–water partition coefficient (Wildman–Crippen LogP) is 25.3. The molecule has 16 nitrogen and oxygen atoms in total. The quantitative estimate of drug-likeness (QED) is 0.0845. The van der Waals surface area contributed by atoms with Crippen LogP contribution in [-0.4, -0.2) is 69.0 Å². The van der Waals surface area contributed by atoms with Gasteiger partial charge in [-0.3, -0.25) is 18.3 Å². The summed E-state index contributed by atoms with van der Waals surface area (Å²) in [5, 5.41) is 36.3. The molecule has 0 amide bonds. The Morgan fingerprint density at radius 1 is 0.148 bits per heavy atom. The first-order valence-corrected chi connectivity index (χ1v) is 40.1. The number of hydrogen-bond donors (Lipinski definition) is 0. The van der Waals surface area contributed by atoms with Crippen LogP contribution in [0.4, 0.5) is 0 Å². The van der Waals surface area contributed by atoms with Crippen LogP contribution in [0.15, 0.2) is 446 Å². The van der Waals surface area contributed by atoms with Crippen LogP contribution >= 0.6 is 0 Å². The second-order valence-electron chi connectivity index (χ2n) is 28.8. The molecule has 0 N–H and O–H groups in total. The lowest BCUT2D eigenvalue weighted by molar-refractivity contribution is 0.583. The highest BCUT2D eigenvalue weighted by atomic mass is 16.4. The Morgan fingerprint density at radius 3 is 0.672 bits per heavy atom. The average molecular weight is 1570 g/mol. The number of aromatic nitrogens is 14. The Hall–Kier alpha value is -17.0. The summed E-state index contributed by atoms with van der Waals surface area (Å²) in [5.41, 5.74) is 23.8. The molecule has 22 rings (SSSR count). The molecule has 0 fully saturated rings. The van der Waals surface area contributed by atoms with E-state index in [0.717, 1.165) is 169 Å². The van der Waals surface area contributed by atoms with E-state index < -0.39 is 0 Å². The summed E-state index contributed by atoms with van der Waals surface area (Å²) >= 11 is 0. The Kier molecular flexibility index (Phi) is 20.4. The van der Waals surface area contributed by atoms with Crippen molar-refractivity contribution < 1.29 is 8.83 Å². The maximum absolute atomic E-state index is 6.05. The molecule has 122 heavy (non-hydrogen) atoms. The third-order valence-corrected chi connectivity index (χ3v) is 21.3. The van der Waals surface area contributed by atoms with Crippen molar-refractivity contribution in [2.45, 2.75) is 0 Å². The number of benzene rings is 16. The van der Waals surface area contributed by atoms with Crippen LogP contribution < -0.4 is 0 Å². The molecule has 0 atom stereocenters. The lowest BCUT2D eigenvalue weighted by atomic mass is 9.94. The average Bonchev–Trinajstić information content (AvgIpc) is 1.61. The summed E-state index contributed by atoms with van der Waals surface area (Å²) in [4.78, 5) is 10.4. The zero-order chi connectivity index (χ0) is 81.3. The summed E-state index contributed by atoms with van der Waals surface area (Å²) in [7, 11) is 0. The van der Waals surface area contributed by atoms with Gasteiger partial charge in [-0.15, -0.1) is 40.8 Å². The minimum absolute atomic E-state index is 0.444. The van der Waals surface area contributed by atoms with Gasteiger partial charge >= 0.3 is 0 Å². The van der Waals surface area contributed by atoms with Crippen molar-refractivity contribution >= 4 is 22.1 Å². The van der Waals surface area contributed by atoms with Crippen molar-refractivity contribution in [2.24, 2.45) is 0 Å². The molecule has 0 aliphatic heterocycles. The Balaban J connectivity index is 0.000000118. The molecule has 0 aliphatic carbocycles. The number of imidazole rings is 2. The zero-order valence-electron chi connectivity index (χ0n) is 65.6. The highest BCUT2D eigenvalue weighted by Gasteiger charge is 2.28. The van der Waals surface area contributed by atoms with Crippen molar-refractivity contribution in [3.8, 4) is 170 Å². The van der Waals surface area contributed by atoms with Gasteiger partial charge in [0.2, 0.25) is 23.6 Å². The van der Waals surface area contributed by atoms with Crippen molar-refractivity contribution in [3.05, 3.63) is 437 Å². The molecule has 0 aliphatic rings. The van der Waals surface area contributed by atoms with Gasteiger partial charge in [0, 0.05) is 78.4 Å². The van der Waals surface area contributed by atoms with E-state index in [9.17, 15) is 0 Å². The second-order valence-corrected chi connectivity index (χ2v) is 28.8. The molecule has 6 heterocycles. The number of hydrogen-bond acceptors (Lipinski definition) is 12. The number of nitrogens with zero attached hydrogens (tertiary/aromatic N) is 14. The van der Waals surface area contributed by atoms with E-state index in [-0.39, 0.29) is 0 Å². The van der Waals surface area contributed by atoms with Gasteiger partial charge in [0.1, 0.15) is 11.6 Å². The maximum Gasteiger partial charge on any atom is 0.248 e. The van der Waals surface area contributed by atoms with E-state index in [2.05, 4.69) is 257 Å². The minimum atomic E-state index is 0.444. The van der Waals surface area contributed by atoms with Crippen LogP contribution in [0, 0.1) is 0 Å². The molecule has 16 heteroatoms. The molecule has 578 valence electrons. The molecule has 0 unspecified atom stereocenters. The van der Waals surface area contributed by atoms with Crippen molar-refractivity contribution in [1.29, 1.82) is 0 Å². The van der Waals surface area contributed by atoms with Crippen LogP contribution in [0.1, 0.15) is 0 Å². The van der Waals surface area contributed by atoms with Gasteiger partial charge in [-0.1, -0.05) is 328 Å². The van der Waals surface area contributed by atoms with E-state index >= 15 is 0 Å². The number of rotatable bonds is 17. The van der Waals surface area contributed by atoms with E-state index in [1.165, 1.54) is 0 Å². The summed E-state index contributed by atoms with van der Waals surface area (Å²) in [6.07, 6.45) is 0. The van der Waals surface area contributed by atoms with E-state index in [1.54, 1.807) is 0 Å². The van der Waals surface area contributed by atoms with Crippen LogP contribution in [0.2, 0.25) is 0 Å². The fourth-order valence-corrected chi connectivity index (χ4v) is 15.7. The first kappa shape index (κ1) is 73.9. The summed E-state index contributed by atoms with van der Waals surface area (Å²) in [5.74, 6) is 6.72. The lowest BCUT2D eigenvalue weighted by Gasteiger charge is -2.17. The molecular weight excluding hydrogens is 1500 g/mol. The summed E-state index contributed by atoms with van der Waals surface area (Å²) < 4.78 is 20.9. The molecule has 0 radical (unpaired) electrons. The normalized spacial score (nSPS) is 11.1. The van der Waals surface area contributed by atoms with E-state index in [1.807, 2.05) is 218 Å². The number of fused-ring (bicyclic) bond motifs is 2. The summed E-state index contributed by atoms with van der Waals surface area (Å²) in [6.45, 7) is 0. The zero-order valence-corrected chi connectivity index (χ0v) is 65.6. The van der Waals surface area contributed by atoms with Crippen LogP contribution in [0.3, 0.4) is 0 Å². The monoisotopic (exact) mass is 1570 g/mol. The number of para-hydroxylation sites is 8. The third kappa shape index (κ3) is 14.6. The van der Waals surface area contributed by atoms with Gasteiger partial charge in [-0.25, -0.2) is 9.97 Å². The maximum atomic E-state index is 6.05. The molecule has 6 aromatic heterocycles. The van der Waals surface area contributed by atoms with Crippen LogP contribution in [0.25, 0.3) is 192 Å². The molecule has 0 spiro atoms. The molecule has 0 saturated carbocycles.